The van der Waals surface area contributed by atoms with Gasteiger partial charge < -0.3 is 10.1 Å². The Hall–Kier alpha value is -1.95. The molecule has 0 bridgehead atoms. The molecule has 0 N–H and O–H groups in total. The van der Waals surface area contributed by atoms with E-state index in [1.165, 1.54) is 23.9 Å². The number of amides is 1. The van der Waals surface area contributed by atoms with Gasteiger partial charge in [0.05, 0.1) is 5.56 Å². The molecule has 106 valence electrons. The summed E-state index contributed by atoms with van der Waals surface area (Å²) in [5.74, 6) is -0.00574. The Kier molecular flexibility index (Phi) is 4.34. The fraction of sp³-hybridized carbons (Fsp3) is 0.357. The minimum atomic E-state index is -0.00574. The number of carbonyl (C=O) groups excluding carboxylic acids is 1. The molecule has 0 radical (unpaired) electrons. The second-order valence-electron chi connectivity index (χ2n) is 4.69. The Morgan fingerprint density at radius 1 is 1.55 bits per heavy atom. The topological polar surface area (TPSA) is 60.1 Å². The van der Waals surface area contributed by atoms with E-state index in [1.54, 1.807) is 11.1 Å². The van der Waals surface area contributed by atoms with E-state index in [2.05, 4.69) is 4.98 Å². The van der Waals surface area contributed by atoms with Crippen LogP contribution < -0.4 is 4.73 Å². The van der Waals surface area contributed by atoms with Gasteiger partial charge in [-0.3, -0.25) is 4.79 Å². The minimum Gasteiger partial charge on any atom is -0.711 e. The minimum absolute atomic E-state index is 0.00574. The normalized spacial score (nSPS) is 10.8. The van der Waals surface area contributed by atoms with Crippen LogP contribution in [0.4, 0.5) is 0 Å². The van der Waals surface area contributed by atoms with E-state index in [1.807, 2.05) is 32.2 Å². The van der Waals surface area contributed by atoms with Crippen LogP contribution in [0.3, 0.4) is 0 Å². The van der Waals surface area contributed by atoms with E-state index in [-0.39, 0.29) is 11.9 Å². The Balaban J connectivity index is 2.40. The lowest BCUT2D eigenvalue weighted by Gasteiger charge is -2.25. The fourth-order valence-corrected chi connectivity index (χ4v) is 2.97. The number of carbonyl (C=O) groups is 1. The third kappa shape index (κ3) is 2.80. The molecule has 0 atom stereocenters. The van der Waals surface area contributed by atoms with E-state index >= 15 is 0 Å². The van der Waals surface area contributed by atoms with Crippen molar-refractivity contribution < 1.29 is 9.52 Å². The monoisotopic (exact) mass is 291 g/mol. The van der Waals surface area contributed by atoms with Crippen LogP contribution >= 0.6 is 11.3 Å². The van der Waals surface area contributed by atoms with Crippen LogP contribution in [0.1, 0.15) is 30.4 Å². The summed E-state index contributed by atoms with van der Waals surface area (Å²) in [7, 11) is 0. The van der Waals surface area contributed by atoms with Gasteiger partial charge >= 0.3 is 0 Å². The fourth-order valence-electron chi connectivity index (χ4n) is 2.10. The predicted octanol–water partition coefficient (Wildman–Crippen LogP) is 2.31. The first-order chi connectivity index (χ1) is 9.54. The zero-order chi connectivity index (χ0) is 14.7. The maximum Gasteiger partial charge on any atom is 0.289 e. The first kappa shape index (κ1) is 14.5. The molecule has 0 unspecified atom stereocenters. The average Bonchev–Trinajstić information content (AvgIpc) is 2.88. The summed E-state index contributed by atoms with van der Waals surface area (Å²) in [4.78, 5) is 18.9. The van der Waals surface area contributed by atoms with Gasteiger partial charge in [-0.25, -0.2) is 4.73 Å². The lowest BCUT2D eigenvalue weighted by molar-refractivity contribution is -0.608. The summed E-state index contributed by atoms with van der Waals surface area (Å²) in [5, 5.41) is 13.2. The van der Waals surface area contributed by atoms with Gasteiger partial charge in [-0.15, -0.1) is 11.3 Å². The van der Waals surface area contributed by atoms with Crippen molar-refractivity contribution in [2.24, 2.45) is 0 Å². The average molecular weight is 291 g/mol. The van der Waals surface area contributed by atoms with E-state index in [0.717, 1.165) is 5.56 Å². The molecular weight excluding hydrogens is 274 g/mol. The standard InChI is InChI=1S/C14H17N3O2S/c1-4-17(10(2)3)14(18)13-12(5-6-20-13)11-7-15-9-16(19)8-11/h5-10H,4H2,1-3H3. The highest BCUT2D eigenvalue weighted by molar-refractivity contribution is 7.12. The zero-order valence-corrected chi connectivity index (χ0v) is 12.6. The first-order valence-corrected chi connectivity index (χ1v) is 7.35. The van der Waals surface area contributed by atoms with E-state index in [9.17, 15) is 10.0 Å². The number of thiophene rings is 1. The second-order valence-corrected chi connectivity index (χ2v) is 5.60. The number of rotatable bonds is 4. The molecule has 0 aromatic carbocycles. The largest absolute Gasteiger partial charge is 0.711 e. The summed E-state index contributed by atoms with van der Waals surface area (Å²) in [5.41, 5.74) is 1.42. The van der Waals surface area contributed by atoms with Crippen molar-refractivity contribution in [3.05, 3.63) is 40.3 Å². The molecule has 0 aliphatic heterocycles. The maximum absolute atomic E-state index is 12.6. The lowest BCUT2D eigenvalue weighted by atomic mass is 10.1. The number of hydrogen-bond acceptors (Lipinski definition) is 4. The molecule has 0 saturated heterocycles. The molecule has 0 aliphatic carbocycles. The van der Waals surface area contributed by atoms with Gasteiger partial charge in [0, 0.05) is 18.2 Å². The molecule has 0 spiro atoms. The van der Waals surface area contributed by atoms with Gasteiger partial charge in [0.1, 0.15) is 11.1 Å². The van der Waals surface area contributed by atoms with E-state index in [4.69, 9.17) is 0 Å². The highest BCUT2D eigenvalue weighted by atomic mass is 32.1. The molecule has 0 aliphatic rings. The summed E-state index contributed by atoms with van der Waals surface area (Å²) in [6, 6.07) is 1.99. The van der Waals surface area contributed by atoms with Crippen molar-refractivity contribution in [3.63, 3.8) is 0 Å². The first-order valence-electron chi connectivity index (χ1n) is 6.47. The van der Waals surface area contributed by atoms with Gasteiger partial charge in [0.15, 0.2) is 6.20 Å². The molecule has 0 saturated carbocycles. The van der Waals surface area contributed by atoms with Gasteiger partial charge in [0.2, 0.25) is 0 Å². The molecule has 0 fully saturated rings. The summed E-state index contributed by atoms with van der Waals surface area (Å²) in [6.07, 6.45) is 4.21. The quantitative estimate of drug-likeness (QED) is 0.641. The smallest absolute Gasteiger partial charge is 0.289 e. The molecule has 2 rings (SSSR count). The molecule has 2 aromatic heterocycles. The van der Waals surface area contributed by atoms with E-state index < -0.39 is 0 Å². The predicted molar refractivity (Wildman–Crippen MR) is 78.4 cm³/mol. The van der Waals surface area contributed by atoms with Crippen molar-refractivity contribution in [2.45, 2.75) is 26.8 Å². The Bertz CT molecular complexity index is 610. The Morgan fingerprint density at radius 3 is 2.90 bits per heavy atom. The summed E-state index contributed by atoms with van der Waals surface area (Å²) < 4.78 is 0.640. The molecule has 6 heteroatoms. The third-order valence-electron chi connectivity index (χ3n) is 3.06. The van der Waals surface area contributed by atoms with Gasteiger partial charge in [-0.05, 0) is 32.2 Å². The van der Waals surface area contributed by atoms with Crippen molar-refractivity contribution >= 4 is 17.2 Å². The summed E-state index contributed by atoms with van der Waals surface area (Å²) in [6.45, 7) is 6.60. The van der Waals surface area contributed by atoms with Crippen molar-refractivity contribution in [1.82, 2.24) is 9.88 Å². The summed E-state index contributed by atoms with van der Waals surface area (Å²) >= 11 is 1.39. The third-order valence-corrected chi connectivity index (χ3v) is 3.96. The molecule has 1 amide bonds. The maximum atomic E-state index is 12.6. The van der Waals surface area contributed by atoms with Crippen LogP contribution in [0.2, 0.25) is 0 Å². The number of aromatic nitrogens is 2. The van der Waals surface area contributed by atoms with Gasteiger partial charge in [-0.1, -0.05) is 4.98 Å². The molecule has 2 aromatic rings. The molecule has 2 heterocycles. The van der Waals surface area contributed by atoms with Gasteiger partial charge in [0.25, 0.3) is 12.2 Å². The molecule has 5 nitrogen and oxygen atoms in total. The van der Waals surface area contributed by atoms with Crippen molar-refractivity contribution in [3.8, 4) is 11.1 Å². The van der Waals surface area contributed by atoms with Crippen LogP contribution in [0, 0.1) is 5.21 Å². The SMILES string of the molecule is CCN(C(=O)c1sccc1-c1cnc[n+]([O-])c1)C(C)C. The van der Waals surface area contributed by atoms with Crippen LogP contribution in [-0.4, -0.2) is 28.4 Å². The molecule has 20 heavy (non-hydrogen) atoms. The number of hydrogen-bond donors (Lipinski definition) is 0. The van der Waals surface area contributed by atoms with Crippen LogP contribution in [0.5, 0.6) is 0 Å². The zero-order valence-electron chi connectivity index (χ0n) is 11.7. The number of nitrogens with zero attached hydrogens (tertiary/aromatic N) is 3. The van der Waals surface area contributed by atoms with Crippen molar-refractivity contribution in [2.75, 3.05) is 6.54 Å². The van der Waals surface area contributed by atoms with Gasteiger partial charge in [-0.2, -0.15) is 0 Å². The Labute approximate surface area is 122 Å². The van der Waals surface area contributed by atoms with E-state index in [0.29, 0.717) is 21.7 Å². The highest BCUT2D eigenvalue weighted by Crippen LogP contribution is 2.28. The van der Waals surface area contributed by atoms with Crippen LogP contribution in [0.15, 0.2) is 30.2 Å². The van der Waals surface area contributed by atoms with Crippen LogP contribution in [0.25, 0.3) is 11.1 Å². The lowest BCUT2D eigenvalue weighted by Crippen LogP contribution is -2.36. The Morgan fingerprint density at radius 2 is 2.30 bits per heavy atom. The molecular formula is C14H17N3O2S. The van der Waals surface area contributed by atoms with Crippen molar-refractivity contribution in [1.29, 1.82) is 0 Å². The highest BCUT2D eigenvalue weighted by Gasteiger charge is 2.22. The van der Waals surface area contributed by atoms with Crippen LogP contribution in [-0.2, 0) is 0 Å². The second kappa shape index (κ2) is 6.00.